The minimum absolute atomic E-state index is 0.0948. The number of rotatable bonds is 8. The fourth-order valence-corrected chi connectivity index (χ4v) is 4.83. The van der Waals surface area contributed by atoms with Crippen molar-refractivity contribution >= 4 is 57.3 Å². The van der Waals surface area contributed by atoms with E-state index >= 15 is 0 Å². The molecule has 2 aromatic rings. The first-order chi connectivity index (χ1) is 13.0. The van der Waals surface area contributed by atoms with Gasteiger partial charge in [-0.2, -0.15) is 0 Å². The zero-order valence-electron chi connectivity index (χ0n) is 14.7. The fraction of sp³-hybridized carbons (Fsp3) is 0.471. The molecule has 1 aliphatic heterocycles. The summed E-state index contributed by atoms with van der Waals surface area (Å²) in [7, 11) is 0. The standard InChI is InChI=1S/C17H20Cl2N4O2S2/c1-10(13-5-4-11(18)7-14(13)19)21-15(24)9-26-17-23-22-16(27-17)20-8-12-3-2-6-25-12/h4-5,7,10,12H,2-3,6,8-9H2,1H3,(H,20,22)(H,21,24). The number of halogens is 2. The van der Waals surface area contributed by atoms with Crippen LogP contribution in [0.25, 0.3) is 0 Å². The molecule has 3 rings (SSSR count). The maximum absolute atomic E-state index is 12.2. The molecule has 27 heavy (non-hydrogen) atoms. The van der Waals surface area contributed by atoms with E-state index in [1.54, 1.807) is 12.1 Å². The second kappa shape index (κ2) is 9.93. The van der Waals surface area contributed by atoms with Gasteiger partial charge in [0.15, 0.2) is 4.34 Å². The van der Waals surface area contributed by atoms with Crippen LogP contribution in [-0.4, -0.2) is 41.1 Å². The zero-order valence-corrected chi connectivity index (χ0v) is 17.9. The highest BCUT2D eigenvalue weighted by Crippen LogP contribution is 2.28. The summed E-state index contributed by atoms with van der Waals surface area (Å²) in [5.41, 5.74) is 0.830. The average Bonchev–Trinajstić information content (AvgIpc) is 3.29. The molecule has 0 saturated carbocycles. The zero-order chi connectivity index (χ0) is 19.2. The first-order valence-corrected chi connectivity index (χ1v) is 11.1. The Labute approximate surface area is 176 Å². The number of nitrogens with zero attached hydrogens (tertiary/aromatic N) is 2. The molecule has 1 aromatic carbocycles. The van der Waals surface area contributed by atoms with Crippen LogP contribution in [0.2, 0.25) is 10.0 Å². The summed E-state index contributed by atoms with van der Waals surface area (Å²) in [5.74, 6) is 0.165. The van der Waals surface area contributed by atoms with Crippen molar-refractivity contribution in [1.82, 2.24) is 15.5 Å². The number of aromatic nitrogens is 2. The number of hydrogen-bond donors (Lipinski definition) is 2. The second-order valence-electron chi connectivity index (χ2n) is 6.13. The van der Waals surface area contributed by atoms with Crippen LogP contribution in [0.4, 0.5) is 5.13 Å². The van der Waals surface area contributed by atoms with E-state index in [9.17, 15) is 4.79 Å². The molecule has 1 aromatic heterocycles. The molecule has 0 bridgehead atoms. The van der Waals surface area contributed by atoms with Crippen molar-refractivity contribution in [3.63, 3.8) is 0 Å². The Morgan fingerprint density at radius 1 is 1.44 bits per heavy atom. The number of benzene rings is 1. The molecule has 2 N–H and O–H groups in total. The molecule has 146 valence electrons. The van der Waals surface area contributed by atoms with Gasteiger partial charge in [-0.05, 0) is 37.5 Å². The molecule has 1 saturated heterocycles. The van der Waals surface area contributed by atoms with Gasteiger partial charge in [0.05, 0.1) is 17.9 Å². The third kappa shape index (κ3) is 6.22. The van der Waals surface area contributed by atoms with Gasteiger partial charge >= 0.3 is 0 Å². The molecule has 6 nitrogen and oxygen atoms in total. The normalized spacial score (nSPS) is 17.7. The SMILES string of the molecule is CC(NC(=O)CSc1nnc(NCC2CCCO2)s1)c1ccc(Cl)cc1Cl. The minimum Gasteiger partial charge on any atom is -0.376 e. The molecule has 2 atom stereocenters. The lowest BCUT2D eigenvalue weighted by atomic mass is 10.1. The summed E-state index contributed by atoms with van der Waals surface area (Å²) in [4.78, 5) is 12.2. The lowest BCUT2D eigenvalue weighted by Gasteiger charge is -2.15. The molecule has 2 unspecified atom stereocenters. The largest absolute Gasteiger partial charge is 0.376 e. The maximum atomic E-state index is 12.2. The summed E-state index contributed by atoms with van der Waals surface area (Å²) in [5, 5.41) is 16.2. The van der Waals surface area contributed by atoms with E-state index in [4.69, 9.17) is 27.9 Å². The lowest BCUT2D eigenvalue weighted by molar-refractivity contribution is -0.119. The van der Waals surface area contributed by atoms with Crippen molar-refractivity contribution in [2.75, 3.05) is 24.2 Å². The van der Waals surface area contributed by atoms with Crippen LogP contribution in [0.15, 0.2) is 22.5 Å². The fourth-order valence-electron chi connectivity index (χ4n) is 2.69. The smallest absolute Gasteiger partial charge is 0.230 e. The Morgan fingerprint density at radius 2 is 2.30 bits per heavy atom. The van der Waals surface area contributed by atoms with Gasteiger partial charge in [0, 0.05) is 23.2 Å². The molecule has 1 amide bonds. The Morgan fingerprint density at radius 3 is 3.04 bits per heavy atom. The lowest BCUT2D eigenvalue weighted by Crippen LogP contribution is -2.28. The third-order valence-electron chi connectivity index (χ3n) is 4.04. The number of thioether (sulfide) groups is 1. The number of carbonyl (C=O) groups excluding carboxylic acids is 1. The van der Waals surface area contributed by atoms with Crippen LogP contribution in [0.5, 0.6) is 0 Å². The summed E-state index contributed by atoms with van der Waals surface area (Å²) in [6.07, 6.45) is 2.43. The van der Waals surface area contributed by atoms with Crippen molar-refractivity contribution in [1.29, 1.82) is 0 Å². The monoisotopic (exact) mass is 446 g/mol. The molecular weight excluding hydrogens is 427 g/mol. The number of carbonyl (C=O) groups is 1. The van der Waals surface area contributed by atoms with Gasteiger partial charge < -0.3 is 15.4 Å². The summed E-state index contributed by atoms with van der Waals surface area (Å²) < 4.78 is 6.32. The highest BCUT2D eigenvalue weighted by atomic mass is 35.5. The molecule has 1 fully saturated rings. The Balaban J connectivity index is 1.43. The van der Waals surface area contributed by atoms with E-state index in [0.29, 0.717) is 10.0 Å². The van der Waals surface area contributed by atoms with Crippen LogP contribution in [-0.2, 0) is 9.53 Å². The van der Waals surface area contributed by atoms with Gasteiger partial charge in [-0.25, -0.2) is 0 Å². The molecular formula is C17H20Cl2N4O2S2. The van der Waals surface area contributed by atoms with E-state index in [1.165, 1.54) is 23.1 Å². The van der Waals surface area contributed by atoms with Crippen molar-refractivity contribution in [3.8, 4) is 0 Å². The first kappa shape index (κ1) is 20.7. The van der Waals surface area contributed by atoms with Crippen LogP contribution >= 0.6 is 46.3 Å². The highest BCUT2D eigenvalue weighted by Gasteiger charge is 2.17. The summed E-state index contributed by atoms with van der Waals surface area (Å²) in [6.45, 7) is 3.45. The quantitative estimate of drug-likeness (QED) is 0.584. The Kier molecular flexibility index (Phi) is 7.60. The van der Waals surface area contributed by atoms with Crippen LogP contribution < -0.4 is 10.6 Å². The van der Waals surface area contributed by atoms with Gasteiger partial charge in [0.25, 0.3) is 0 Å². The second-order valence-corrected chi connectivity index (χ2v) is 9.18. The van der Waals surface area contributed by atoms with Crippen molar-refractivity contribution in [2.24, 2.45) is 0 Å². The van der Waals surface area contributed by atoms with E-state index in [-0.39, 0.29) is 23.8 Å². The number of anilines is 1. The van der Waals surface area contributed by atoms with Gasteiger partial charge in [-0.15, -0.1) is 10.2 Å². The van der Waals surface area contributed by atoms with Gasteiger partial charge in [-0.1, -0.05) is 52.4 Å². The topological polar surface area (TPSA) is 76.1 Å². The molecule has 1 aliphatic rings. The Bertz CT molecular complexity index is 784. The van der Waals surface area contributed by atoms with Gasteiger partial charge in [-0.3, -0.25) is 4.79 Å². The predicted molar refractivity (Wildman–Crippen MR) is 111 cm³/mol. The van der Waals surface area contributed by atoms with E-state index in [1.807, 2.05) is 13.0 Å². The third-order valence-corrected chi connectivity index (χ3v) is 6.62. The minimum atomic E-state index is -0.207. The van der Waals surface area contributed by atoms with Crippen molar-refractivity contribution < 1.29 is 9.53 Å². The number of amides is 1. The first-order valence-electron chi connectivity index (χ1n) is 8.57. The number of hydrogen-bond acceptors (Lipinski definition) is 7. The molecule has 2 heterocycles. The average molecular weight is 447 g/mol. The predicted octanol–water partition coefficient (Wildman–Crippen LogP) is 4.41. The molecule has 10 heteroatoms. The van der Waals surface area contributed by atoms with E-state index < -0.39 is 0 Å². The van der Waals surface area contributed by atoms with E-state index in [2.05, 4.69) is 20.8 Å². The van der Waals surface area contributed by atoms with Crippen molar-refractivity contribution in [2.45, 2.75) is 36.3 Å². The number of nitrogens with one attached hydrogen (secondary N) is 2. The van der Waals surface area contributed by atoms with E-state index in [0.717, 1.165) is 41.0 Å². The molecule has 0 radical (unpaired) electrons. The molecule has 0 spiro atoms. The van der Waals surface area contributed by atoms with Gasteiger partial charge in [0.1, 0.15) is 0 Å². The Hall–Kier alpha value is -1.06. The van der Waals surface area contributed by atoms with Crippen molar-refractivity contribution in [3.05, 3.63) is 33.8 Å². The van der Waals surface area contributed by atoms with Crippen LogP contribution in [0, 0.1) is 0 Å². The summed E-state index contributed by atoms with van der Waals surface area (Å²) in [6, 6.07) is 5.04. The van der Waals surface area contributed by atoms with Crippen LogP contribution in [0.1, 0.15) is 31.4 Å². The number of ether oxygens (including phenoxy) is 1. The highest BCUT2D eigenvalue weighted by molar-refractivity contribution is 8.01. The molecule has 0 aliphatic carbocycles. The van der Waals surface area contributed by atoms with Gasteiger partial charge in [0.2, 0.25) is 11.0 Å². The summed E-state index contributed by atoms with van der Waals surface area (Å²) >= 11 is 14.9. The van der Waals surface area contributed by atoms with Crippen LogP contribution in [0.3, 0.4) is 0 Å². The maximum Gasteiger partial charge on any atom is 0.230 e.